The lowest BCUT2D eigenvalue weighted by Crippen LogP contribution is -2.47. The predicted octanol–water partition coefficient (Wildman–Crippen LogP) is 4.12. The van der Waals surface area contributed by atoms with Crippen LogP contribution >= 0.6 is 0 Å². The number of nitrogens with one attached hydrogen (secondary N) is 2. The zero-order chi connectivity index (χ0) is 23.9. The summed E-state index contributed by atoms with van der Waals surface area (Å²) in [6, 6.07) is 17.5. The molecule has 0 spiro atoms. The first-order valence-electron chi connectivity index (χ1n) is 12.2. The molecular formula is C27H34N4O3. The van der Waals surface area contributed by atoms with Crippen molar-refractivity contribution >= 4 is 16.9 Å². The van der Waals surface area contributed by atoms with Crippen LogP contribution in [0.5, 0.6) is 5.75 Å². The van der Waals surface area contributed by atoms with Gasteiger partial charge in [0, 0.05) is 35.6 Å². The van der Waals surface area contributed by atoms with Gasteiger partial charge in [-0.25, -0.2) is 4.79 Å². The van der Waals surface area contributed by atoms with Crippen molar-refractivity contribution in [3.8, 4) is 5.75 Å². The lowest BCUT2D eigenvalue weighted by molar-refractivity contribution is 0.164. The SMILES string of the molecule is CCOc1ccc2[nH]c(=O)c(CN(C[C@H]3CCCN3CC)C(=O)NCc3ccccc3)cc2c1. The van der Waals surface area contributed by atoms with E-state index < -0.39 is 0 Å². The third-order valence-electron chi connectivity index (χ3n) is 6.47. The van der Waals surface area contributed by atoms with Crippen LogP contribution in [0.25, 0.3) is 10.9 Å². The molecule has 2 aromatic carbocycles. The molecule has 180 valence electrons. The maximum absolute atomic E-state index is 13.3. The Labute approximate surface area is 200 Å². The highest BCUT2D eigenvalue weighted by Crippen LogP contribution is 2.21. The van der Waals surface area contributed by atoms with Gasteiger partial charge in [0.1, 0.15) is 5.75 Å². The van der Waals surface area contributed by atoms with E-state index in [-0.39, 0.29) is 18.1 Å². The molecule has 34 heavy (non-hydrogen) atoms. The van der Waals surface area contributed by atoms with Crippen LogP contribution in [0.2, 0.25) is 0 Å². The van der Waals surface area contributed by atoms with Crippen LogP contribution in [0.15, 0.2) is 59.4 Å². The summed E-state index contributed by atoms with van der Waals surface area (Å²) in [6.07, 6.45) is 2.19. The van der Waals surface area contributed by atoms with Crippen LogP contribution in [-0.2, 0) is 13.1 Å². The van der Waals surface area contributed by atoms with Crippen molar-refractivity contribution in [1.82, 2.24) is 20.1 Å². The number of likely N-dealkylation sites (N-methyl/N-ethyl adjacent to an activating group) is 1. The van der Waals surface area contributed by atoms with Crippen LogP contribution in [0.4, 0.5) is 4.79 Å². The van der Waals surface area contributed by atoms with Gasteiger partial charge in [0.2, 0.25) is 0 Å². The number of aromatic amines is 1. The quantitative estimate of drug-likeness (QED) is 0.501. The smallest absolute Gasteiger partial charge is 0.318 e. The standard InChI is InChI=1S/C27H34N4O3/c1-3-30-14-8-11-23(30)19-31(27(33)28-17-20-9-6-5-7-10-20)18-22-15-21-16-24(34-4-2)12-13-25(21)29-26(22)32/h5-7,9-10,12-13,15-16,23H,3-4,8,11,14,17-19H2,1-2H3,(H,28,33)(H,29,32)/t23-/m1/s1. The number of carbonyl (C=O) groups excluding carboxylic acids is 1. The number of fused-ring (bicyclic) bond motifs is 1. The van der Waals surface area contributed by atoms with E-state index >= 15 is 0 Å². The summed E-state index contributed by atoms with van der Waals surface area (Å²) in [5.41, 5.74) is 2.19. The van der Waals surface area contributed by atoms with Gasteiger partial charge in [-0.2, -0.15) is 0 Å². The number of ether oxygens (including phenoxy) is 1. The fourth-order valence-corrected chi connectivity index (χ4v) is 4.69. The highest BCUT2D eigenvalue weighted by atomic mass is 16.5. The second kappa shape index (κ2) is 11.2. The fraction of sp³-hybridized carbons (Fsp3) is 0.407. The van der Waals surface area contributed by atoms with Gasteiger partial charge in [-0.1, -0.05) is 37.3 Å². The molecule has 7 heteroatoms. The Hall–Kier alpha value is -3.32. The molecule has 3 aromatic rings. The lowest BCUT2D eigenvalue weighted by atomic mass is 10.1. The number of hydrogen-bond acceptors (Lipinski definition) is 4. The Bertz CT molecular complexity index is 1160. The summed E-state index contributed by atoms with van der Waals surface area (Å²) in [4.78, 5) is 33.3. The lowest BCUT2D eigenvalue weighted by Gasteiger charge is -2.30. The predicted molar refractivity (Wildman–Crippen MR) is 135 cm³/mol. The van der Waals surface area contributed by atoms with Crippen molar-refractivity contribution in [2.45, 2.75) is 45.8 Å². The van der Waals surface area contributed by atoms with Gasteiger partial charge in [-0.15, -0.1) is 0 Å². The van der Waals surface area contributed by atoms with Crippen molar-refractivity contribution in [2.75, 3.05) is 26.2 Å². The molecule has 0 radical (unpaired) electrons. The van der Waals surface area contributed by atoms with E-state index in [2.05, 4.69) is 22.1 Å². The summed E-state index contributed by atoms with van der Waals surface area (Å²) in [7, 11) is 0. The van der Waals surface area contributed by atoms with E-state index in [4.69, 9.17) is 4.74 Å². The molecule has 2 heterocycles. The largest absolute Gasteiger partial charge is 0.494 e. The van der Waals surface area contributed by atoms with Crippen molar-refractivity contribution < 1.29 is 9.53 Å². The minimum absolute atomic E-state index is 0.158. The van der Waals surface area contributed by atoms with Crippen LogP contribution in [0.3, 0.4) is 0 Å². The number of pyridine rings is 1. The molecule has 1 aliphatic heterocycles. The molecule has 1 aliphatic rings. The van der Waals surface area contributed by atoms with Gasteiger partial charge in [-0.3, -0.25) is 9.69 Å². The number of nitrogens with zero attached hydrogens (tertiary/aromatic N) is 2. The average Bonchev–Trinajstić information content (AvgIpc) is 3.30. The number of aromatic nitrogens is 1. The topological polar surface area (TPSA) is 77.7 Å². The van der Waals surface area contributed by atoms with Gasteiger partial charge in [0.25, 0.3) is 5.56 Å². The average molecular weight is 463 g/mol. The van der Waals surface area contributed by atoms with Crippen molar-refractivity contribution in [2.24, 2.45) is 0 Å². The number of benzene rings is 2. The summed E-state index contributed by atoms with van der Waals surface area (Å²) < 4.78 is 5.62. The van der Waals surface area contributed by atoms with E-state index in [0.717, 1.165) is 48.1 Å². The molecule has 0 unspecified atom stereocenters. The van der Waals surface area contributed by atoms with Crippen LogP contribution in [0, 0.1) is 0 Å². The molecule has 7 nitrogen and oxygen atoms in total. The van der Waals surface area contributed by atoms with Crippen LogP contribution in [0.1, 0.15) is 37.8 Å². The molecule has 0 saturated carbocycles. The minimum Gasteiger partial charge on any atom is -0.494 e. The van der Waals surface area contributed by atoms with Crippen molar-refractivity contribution in [3.05, 3.63) is 76.1 Å². The van der Waals surface area contributed by atoms with Gasteiger partial charge in [-0.05, 0) is 62.7 Å². The number of H-pyrrole nitrogens is 1. The Kier molecular flexibility index (Phi) is 7.85. The Morgan fingerprint density at radius 1 is 1.18 bits per heavy atom. The van der Waals surface area contributed by atoms with E-state index in [1.54, 1.807) is 4.90 Å². The first-order valence-corrected chi connectivity index (χ1v) is 12.2. The maximum atomic E-state index is 13.3. The van der Waals surface area contributed by atoms with E-state index in [1.165, 1.54) is 0 Å². The third kappa shape index (κ3) is 5.78. The summed E-state index contributed by atoms with van der Waals surface area (Å²) >= 11 is 0. The van der Waals surface area contributed by atoms with Gasteiger partial charge in [0.05, 0.1) is 13.2 Å². The molecule has 0 aliphatic carbocycles. The molecule has 2 N–H and O–H groups in total. The molecule has 1 atom stereocenters. The Morgan fingerprint density at radius 2 is 2.00 bits per heavy atom. The number of urea groups is 1. The van der Waals surface area contributed by atoms with Crippen molar-refractivity contribution in [1.29, 1.82) is 0 Å². The highest BCUT2D eigenvalue weighted by molar-refractivity contribution is 5.81. The molecular weight excluding hydrogens is 428 g/mol. The number of likely N-dealkylation sites (tertiary alicyclic amines) is 1. The minimum atomic E-state index is -0.170. The molecule has 4 rings (SSSR count). The number of carbonyl (C=O) groups is 1. The molecule has 1 aromatic heterocycles. The molecule has 1 fully saturated rings. The Balaban J connectivity index is 1.57. The third-order valence-corrected chi connectivity index (χ3v) is 6.47. The van der Waals surface area contributed by atoms with E-state index in [0.29, 0.717) is 31.3 Å². The second-order valence-corrected chi connectivity index (χ2v) is 8.76. The monoisotopic (exact) mass is 462 g/mol. The zero-order valence-electron chi connectivity index (χ0n) is 20.0. The summed E-state index contributed by atoms with van der Waals surface area (Å²) in [5.74, 6) is 0.759. The number of amides is 2. The number of hydrogen-bond donors (Lipinski definition) is 2. The second-order valence-electron chi connectivity index (χ2n) is 8.76. The van der Waals surface area contributed by atoms with E-state index in [1.807, 2.05) is 61.5 Å². The van der Waals surface area contributed by atoms with Crippen molar-refractivity contribution in [3.63, 3.8) is 0 Å². The number of rotatable bonds is 9. The van der Waals surface area contributed by atoms with Gasteiger partial charge in [0.15, 0.2) is 0 Å². The molecule has 0 bridgehead atoms. The van der Waals surface area contributed by atoms with E-state index in [9.17, 15) is 9.59 Å². The van der Waals surface area contributed by atoms with Crippen LogP contribution < -0.4 is 15.6 Å². The highest BCUT2D eigenvalue weighted by Gasteiger charge is 2.27. The molecule has 2 amide bonds. The first kappa shape index (κ1) is 23.8. The summed E-state index contributed by atoms with van der Waals surface area (Å²) in [5, 5.41) is 3.93. The zero-order valence-corrected chi connectivity index (χ0v) is 20.0. The normalized spacial score (nSPS) is 16.0. The fourth-order valence-electron chi connectivity index (χ4n) is 4.69. The molecule has 1 saturated heterocycles. The van der Waals surface area contributed by atoms with Crippen LogP contribution in [-0.4, -0.2) is 53.1 Å². The van der Waals surface area contributed by atoms with Gasteiger partial charge >= 0.3 is 6.03 Å². The Morgan fingerprint density at radius 3 is 2.76 bits per heavy atom. The first-order chi connectivity index (χ1) is 16.6. The summed E-state index contributed by atoms with van der Waals surface area (Å²) in [6.45, 7) is 7.97. The maximum Gasteiger partial charge on any atom is 0.318 e. The van der Waals surface area contributed by atoms with Gasteiger partial charge < -0.3 is 19.9 Å².